The molecule has 3 aromatic carbocycles. The van der Waals surface area contributed by atoms with Crippen LogP contribution in [-0.4, -0.2) is 20.9 Å². The number of sulfonamides is 1. The summed E-state index contributed by atoms with van der Waals surface area (Å²) in [5.41, 5.74) is 0.753. The highest BCUT2D eigenvalue weighted by molar-refractivity contribution is 7.92. The number of rotatable bonds is 6. The number of hydrogen-bond acceptors (Lipinski definition) is 3. The van der Waals surface area contributed by atoms with Gasteiger partial charge in [-0.05, 0) is 43.3 Å². The van der Waals surface area contributed by atoms with E-state index in [2.05, 4.69) is 5.32 Å². The normalized spacial score (nSPS) is 11.2. The van der Waals surface area contributed by atoms with Crippen LogP contribution in [0.3, 0.4) is 0 Å². The topological polar surface area (TPSA) is 66.5 Å². The summed E-state index contributed by atoms with van der Waals surface area (Å²) in [5, 5.41) is 2.88. The number of benzene rings is 3. The molecule has 0 aliphatic heterocycles. The summed E-state index contributed by atoms with van der Waals surface area (Å²) in [6, 6.07) is 16.0. The second-order valence-electron chi connectivity index (χ2n) is 6.42. The summed E-state index contributed by atoms with van der Waals surface area (Å²) in [7, 11) is -4.23. The first kappa shape index (κ1) is 22.1. The van der Waals surface area contributed by atoms with Gasteiger partial charge in [0.25, 0.3) is 10.0 Å². The van der Waals surface area contributed by atoms with Crippen molar-refractivity contribution in [2.45, 2.75) is 11.8 Å². The van der Waals surface area contributed by atoms with E-state index in [1.54, 1.807) is 18.2 Å². The number of carbonyl (C=O) groups excluding carboxylic acids is 1. The van der Waals surface area contributed by atoms with Crippen LogP contribution in [0.5, 0.6) is 0 Å². The van der Waals surface area contributed by atoms with Crippen LogP contribution in [0.25, 0.3) is 0 Å². The minimum atomic E-state index is -4.23. The standard InChI is InChI=1S/C21H17Cl2FN2O3S/c1-14-9-11-15(12-10-14)30(28,29)26(19-8-3-2-7-18(19)24)13-20(27)25-21-16(22)5-4-6-17(21)23/h2-12H,13H2,1H3,(H,25,27). The molecule has 0 aliphatic rings. The van der Waals surface area contributed by atoms with Crippen molar-refractivity contribution in [2.75, 3.05) is 16.2 Å². The lowest BCUT2D eigenvalue weighted by Crippen LogP contribution is -2.38. The average Bonchev–Trinajstić information content (AvgIpc) is 2.70. The zero-order chi connectivity index (χ0) is 21.9. The largest absolute Gasteiger partial charge is 0.322 e. The first-order chi connectivity index (χ1) is 14.2. The monoisotopic (exact) mass is 466 g/mol. The second-order valence-corrected chi connectivity index (χ2v) is 9.10. The van der Waals surface area contributed by atoms with Gasteiger partial charge in [-0.15, -0.1) is 0 Å². The maximum atomic E-state index is 14.5. The highest BCUT2D eigenvalue weighted by Crippen LogP contribution is 2.31. The van der Waals surface area contributed by atoms with Crippen molar-refractivity contribution in [3.63, 3.8) is 0 Å². The van der Waals surface area contributed by atoms with Crippen LogP contribution in [0.4, 0.5) is 15.8 Å². The lowest BCUT2D eigenvalue weighted by molar-refractivity contribution is -0.114. The van der Waals surface area contributed by atoms with Gasteiger partial charge >= 0.3 is 0 Å². The van der Waals surface area contributed by atoms with E-state index < -0.39 is 28.3 Å². The number of aryl methyl sites for hydroxylation is 1. The van der Waals surface area contributed by atoms with Gasteiger partial charge in [0.05, 0.1) is 26.3 Å². The first-order valence-electron chi connectivity index (χ1n) is 8.78. The summed E-state index contributed by atoms with van der Waals surface area (Å²) in [5.74, 6) is -1.51. The van der Waals surface area contributed by atoms with Crippen molar-refractivity contribution in [3.8, 4) is 0 Å². The molecule has 0 radical (unpaired) electrons. The first-order valence-corrected chi connectivity index (χ1v) is 11.0. The van der Waals surface area contributed by atoms with Crippen LogP contribution < -0.4 is 9.62 Å². The minimum absolute atomic E-state index is 0.0695. The Morgan fingerprint density at radius 3 is 2.17 bits per heavy atom. The van der Waals surface area contributed by atoms with E-state index in [1.165, 1.54) is 42.5 Å². The lowest BCUT2D eigenvalue weighted by Gasteiger charge is -2.24. The number of halogens is 3. The van der Waals surface area contributed by atoms with E-state index in [0.717, 1.165) is 11.6 Å². The van der Waals surface area contributed by atoms with E-state index in [9.17, 15) is 17.6 Å². The Morgan fingerprint density at radius 1 is 0.967 bits per heavy atom. The Hall–Kier alpha value is -2.61. The van der Waals surface area contributed by atoms with Crippen LogP contribution in [0.15, 0.2) is 71.6 Å². The maximum Gasteiger partial charge on any atom is 0.264 e. The van der Waals surface area contributed by atoms with Gasteiger partial charge in [0, 0.05) is 0 Å². The Balaban J connectivity index is 1.99. The second kappa shape index (κ2) is 9.04. The third-order valence-corrected chi connectivity index (χ3v) is 6.65. The predicted octanol–water partition coefficient (Wildman–Crippen LogP) is 5.27. The van der Waals surface area contributed by atoms with E-state index in [4.69, 9.17) is 23.2 Å². The SMILES string of the molecule is Cc1ccc(S(=O)(=O)N(CC(=O)Nc2c(Cl)cccc2Cl)c2ccccc2F)cc1. The van der Waals surface area contributed by atoms with E-state index in [0.29, 0.717) is 4.31 Å². The summed E-state index contributed by atoms with van der Waals surface area (Å²) in [6.45, 7) is 1.13. The van der Waals surface area contributed by atoms with Crippen molar-refractivity contribution >= 4 is 50.5 Å². The van der Waals surface area contributed by atoms with Gasteiger partial charge in [0.1, 0.15) is 12.4 Å². The molecule has 0 unspecified atom stereocenters. The van der Waals surface area contributed by atoms with Crippen LogP contribution in [0.1, 0.15) is 5.56 Å². The van der Waals surface area contributed by atoms with Crippen molar-refractivity contribution in [3.05, 3.63) is 88.2 Å². The van der Waals surface area contributed by atoms with Gasteiger partial charge in [-0.1, -0.05) is 59.1 Å². The molecule has 0 aromatic heterocycles. The Bertz CT molecular complexity index is 1160. The van der Waals surface area contributed by atoms with E-state index >= 15 is 0 Å². The molecule has 0 saturated carbocycles. The molecule has 0 saturated heterocycles. The molecule has 0 heterocycles. The van der Waals surface area contributed by atoms with Crippen LogP contribution >= 0.6 is 23.2 Å². The maximum absolute atomic E-state index is 14.5. The Kier molecular flexibility index (Phi) is 6.65. The molecule has 156 valence electrons. The van der Waals surface area contributed by atoms with E-state index in [1.807, 2.05) is 6.92 Å². The van der Waals surface area contributed by atoms with Crippen molar-refractivity contribution in [1.29, 1.82) is 0 Å². The molecule has 0 fully saturated rings. The molecule has 0 aliphatic carbocycles. The fraction of sp³-hybridized carbons (Fsp3) is 0.0952. The fourth-order valence-electron chi connectivity index (χ4n) is 2.72. The zero-order valence-electron chi connectivity index (χ0n) is 15.8. The highest BCUT2D eigenvalue weighted by Gasteiger charge is 2.29. The fourth-order valence-corrected chi connectivity index (χ4v) is 4.64. The average molecular weight is 467 g/mol. The predicted molar refractivity (Wildman–Crippen MR) is 117 cm³/mol. The van der Waals surface area contributed by atoms with Crippen molar-refractivity contribution in [1.82, 2.24) is 0 Å². The summed E-state index contributed by atoms with van der Waals surface area (Å²) in [4.78, 5) is 12.6. The molecular formula is C21H17Cl2FN2O3S. The zero-order valence-corrected chi connectivity index (χ0v) is 18.1. The highest BCUT2D eigenvalue weighted by atomic mass is 35.5. The van der Waals surface area contributed by atoms with Crippen LogP contribution in [0, 0.1) is 12.7 Å². The van der Waals surface area contributed by atoms with Gasteiger partial charge in [0.2, 0.25) is 5.91 Å². The quantitative estimate of drug-likeness (QED) is 0.537. The third-order valence-electron chi connectivity index (χ3n) is 4.24. The molecule has 9 heteroatoms. The molecule has 5 nitrogen and oxygen atoms in total. The van der Waals surface area contributed by atoms with Gasteiger partial charge in [-0.3, -0.25) is 9.10 Å². The molecule has 3 aromatic rings. The summed E-state index contributed by atoms with van der Waals surface area (Å²) in [6.07, 6.45) is 0. The van der Waals surface area contributed by atoms with E-state index in [-0.39, 0.29) is 26.3 Å². The smallest absolute Gasteiger partial charge is 0.264 e. The van der Waals surface area contributed by atoms with Gasteiger partial charge in [0.15, 0.2) is 0 Å². The number of hydrogen-bond donors (Lipinski definition) is 1. The molecule has 1 amide bonds. The Morgan fingerprint density at radius 2 is 1.57 bits per heavy atom. The van der Waals surface area contributed by atoms with Crippen LogP contribution in [0.2, 0.25) is 10.0 Å². The molecule has 0 atom stereocenters. The summed E-state index contributed by atoms with van der Waals surface area (Å²) >= 11 is 12.1. The number of nitrogens with one attached hydrogen (secondary N) is 1. The minimum Gasteiger partial charge on any atom is -0.322 e. The number of anilines is 2. The number of nitrogens with zero attached hydrogens (tertiary/aromatic N) is 1. The van der Waals surface area contributed by atoms with Crippen LogP contribution in [-0.2, 0) is 14.8 Å². The lowest BCUT2D eigenvalue weighted by atomic mass is 10.2. The molecule has 3 rings (SSSR count). The molecule has 30 heavy (non-hydrogen) atoms. The van der Waals surface area contributed by atoms with Gasteiger partial charge < -0.3 is 5.32 Å². The number of amides is 1. The number of para-hydroxylation sites is 2. The summed E-state index contributed by atoms with van der Waals surface area (Å²) < 4.78 is 41.7. The molecule has 0 bridgehead atoms. The van der Waals surface area contributed by atoms with Crippen molar-refractivity contribution < 1.29 is 17.6 Å². The third kappa shape index (κ3) is 4.75. The van der Waals surface area contributed by atoms with Gasteiger partial charge in [-0.25, -0.2) is 12.8 Å². The van der Waals surface area contributed by atoms with Crippen molar-refractivity contribution in [2.24, 2.45) is 0 Å². The molecule has 1 N–H and O–H groups in total. The molecular weight excluding hydrogens is 450 g/mol. The van der Waals surface area contributed by atoms with Gasteiger partial charge in [-0.2, -0.15) is 0 Å². The molecule has 0 spiro atoms. The Labute approximate surface area is 184 Å². The number of carbonyl (C=O) groups is 1.